The number of carbonyl (C=O) groups excluding carboxylic acids is 2. The first-order valence-electron chi connectivity index (χ1n) is 9.97. The lowest BCUT2D eigenvalue weighted by atomic mass is 10.0. The summed E-state index contributed by atoms with van der Waals surface area (Å²) in [5.74, 6) is 0.439. The van der Waals surface area contributed by atoms with E-state index in [9.17, 15) is 9.59 Å². The quantitative estimate of drug-likeness (QED) is 0.651. The third-order valence-electron chi connectivity index (χ3n) is 5.91. The van der Waals surface area contributed by atoms with Gasteiger partial charge < -0.3 is 10.2 Å². The lowest BCUT2D eigenvalue weighted by molar-refractivity contribution is -0.129. The number of halogens is 4. The molecule has 2 aromatic rings. The molecule has 5 nitrogen and oxygen atoms in total. The van der Waals surface area contributed by atoms with Gasteiger partial charge in [-0.1, -0.05) is 52.5 Å². The molecule has 0 radical (unpaired) electrons. The molecule has 0 saturated carbocycles. The van der Waals surface area contributed by atoms with Crippen molar-refractivity contribution in [2.24, 2.45) is 11.8 Å². The fourth-order valence-electron chi connectivity index (χ4n) is 4.32. The predicted octanol–water partition coefficient (Wildman–Crippen LogP) is 4.62. The molecule has 2 aliphatic rings. The molecule has 2 saturated heterocycles. The van der Waals surface area contributed by atoms with Crippen molar-refractivity contribution >= 4 is 58.2 Å². The summed E-state index contributed by atoms with van der Waals surface area (Å²) in [7, 11) is 0. The normalized spacial score (nSPS) is 20.7. The maximum atomic E-state index is 12.6. The maximum Gasteiger partial charge on any atom is 0.251 e. The minimum atomic E-state index is -0.350. The van der Waals surface area contributed by atoms with Crippen LogP contribution in [0.15, 0.2) is 36.4 Å². The van der Waals surface area contributed by atoms with Gasteiger partial charge in [-0.3, -0.25) is 14.5 Å². The molecule has 1 N–H and O–H groups in total. The summed E-state index contributed by atoms with van der Waals surface area (Å²) in [5.41, 5.74) is 1.43. The van der Waals surface area contributed by atoms with Crippen molar-refractivity contribution in [3.63, 3.8) is 0 Å². The first kappa shape index (κ1) is 22.7. The summed E-state index contributed by atoms with van der Waals surface area (Å²) in [5, 5.41) is 4.67. The van der Waals surface area contributed by atoms with Crippen molar-refractivity contribution in [3.05, 3.63) is 67.6 Å². The van der Waals surface area contributed by atoms with Crippen molar-refractivity contribution in [1.82, 2.24) is 15.1 Å². The summed E-state index contributed by atoms with van der Waals surface area (Å²) in [6, 6.07) is 10.2. The second kappa shape index (κ2) is 9.55. The van der Waals surface area contributed by atoms with Crippen LogP contribution < -0.4 is 5.32 Å². The van der Waals surface area contributed by atoms with Crippen LogP contribution in [0.4, 0.5) is 0 Å². The van der Waals surface area contributed by atoms with Crippen LogP contribution in [0.1, 0.15) is 15.9 Å². The van der Waals surface area contributed by atoms with E-state index in [4.69, 9.17) is 46.4 Å². The van der Waals surface area contributed by atoms with Crippen molar-refractivity contribution < 1.29 is 9.59 Å². The number of fused-ring (bicyclic) bond motifs is 1. The minimum absolute atomic E-state index is 0.0391. The highest BCUT2D eigenvalue weighted by Crippen LogP contribution is 2.33. The Kier molecular flexibility index (Phi) is 6.99. The van der Waals surface area contributed by atoms with E-state index in [0.29, 0.717) is 50.6 Å². The maximum absolute atomic E-state index is 12.6. The Balaban J connectivity index is 1.26. The molecule has 0 aliphatic carbocycles. The van der Waals surface area contributed by atoms with Gasteiger partial charge in [-0.25, -0.2) is 0 Å². The number of nitrogens with one attached hydrogen (secondary N) is 1. The van der Waals surface area contributed by atoms with E-state index < -0.39 is 0 Å². The van der Waals surface area contributed by atoms with Gasteiger partial charge in [0.05, 0.1) is 16.6 Å². The summed E-state index contributed by atoms with van der Waals surface area (Å²) in [4.78, 5) is 29.1. The Labute approximate surface area is 201 Å². The smallest absolute Gasteiger partial charge is 0.251 e. The van der Waals surface area contributed by atoms with E-state index >= 15 is 0 Å². The number of likely N-dealkylation sites (tertiary alicyclic amines) is 2. The number of benzene rings is 2. The Bertz CT molecular complexity index is 1000. The summed E-state index contributed by atoms with van der Waals surface area (Å²) >= 11 is 24.1. The average molecular weight is 501 g/mol. The summed E-state index contributed by atoms with van der Waals surface area (Å²) in [6.07, 6.45) is 0. The standard InChI is InChI=1S/C22H21Cl4N3O2/c23-17-3-1-14(19(25)6-17)8-28-9-15-11-29(12-16(15)10-28)21(30)7-27-22(31)13-2-4-18(24)20(26)5-13/h1-6,15-16H,7-12H2,(H,27,31). The van der Waals surface area contributed by atoms with E-state index in [1.54, 1.807) is 18.2 Å². The van der Waals surface area contributed by atoms with E-state index in [2.05, 4.69) is 10.2 Å². The van der Waals surface area contributed by atoms with Crippen molar-refractivity contribution in [1.29, 1.82) is 0 Å². The van der Waals surface area contributed by atoms with Crippen LogP contribution >= 0.6 is 46.4 Å². The van der Waals surface area contributed by atoms with Gasteiger partial charge in [-0.05, 0) is 47.7 Å². The van der Waals surface area contributed by atoms with Gasteiger partial charge in [-0.15, -0.1) is 0 Å². The second-order valence-corrected chi connectivity index (χ2v) is 9.72. The molecule has 4 rings (SSSR count). The van der Waals surface area contributed by atoms with Crippen LogP contribution in [0.3, 0.4) is 0 Å². The van der Waals surface area contributed by atoms with Gasteiger partial charge in [0.15, 0.2) is 0 Å². The van der Waals surface area contributed by atoms with Gasteiger partial charge in [0.1, 0.15) is 0 Å². The lowest BCUT2D eigenvalue weighted by Gasteiger charge is -2.22. The molecule has 2 aliphatic heterocycles. The van der Waals surface area contributed by atoms with Crippen molar-refractivity contribution in [2.75, 3.05) is 32.7 Å². The molecular formula is C22H21Cl4N3O2. The zero-order valence-corrected chi connectivity index (χ0v) is 19.6. The third-order valence-corrected chi connectivity index (χ3v) is 7.23. The van der Waals surface area contributed by atoms with Crippen LogP contribution in [0.5, 0.6) is 0 Å². The van der Waals surface area contributed by atoms with Gasteiger partial charge in [0, 0.05) is 48.3 Å². The van der Waals surface area contributed by atoms with Gasteiger partial charge in [-0.2, -0.15) is 0 Å². The van der Waals surface area contributed by atoms with Gasteiger partial charge in [0.25, 0.3) is 5.91 Å². The number of amides is 2. The van der Waals surface area contributed by atoms with E-state index in [0.717, 1.165) is 25.2 Å². The Morgan fingerprint density at radius 1 is 0.871 bits per heavy atom. The SMILES string of the molecule is O=C(NCC(=O)N1CC2CN(Cc3ccc(Cl)cc3Cl)CC2C1)c1ccc(Cl)c(Cl)c1. The molecule has 2 heterocycles. The molecule has 9 heteroatoms. The molecule has 2 fully saturated rings. The number of nitrogens with zero attached hydrogens (tertiary/aromatic N) is 2. The highest BCUT2D eigenvalue weighted by atomic mass is 35.5. The molecule has 0 spiro atoms. The topological polar surface area (TPSA) is 52.7 Å². The zero-order chi connectivity index (χ0) is 22.1. The zero-order valence-electron chi connectivity index (χ0n) is 16.6. The largest absolute Gasteiger partial charge is 0.343 e. The Morgan fingerprint density at radius 2 is 1.58 bits per heavy atom. The fraction of sp³-hybridized carbons (Fsp3) is 0.364. The first-order valence-corrected chi connectivity index (χ1v) is 11.5. The van der Waals surface area contributed by atoms with Crippen LogP contribution in [0.25, 0.3) is 0 Å². The van der Waals surface area contributed by atoms with Crippen LogP contribution in [-0.4, -0.2) is 54.3 Å². The Hall–Kier alpha value is -1.50. The highest BCUT2D eigenvalue weighted by Gasteiger charge is 2.41. The molecule has 0 bridgehead atoms. The molecule has 2 aromatic carbocycles. The van der Waals surface area contributed by atoms with Crippen LogP contribution in [0.2, 0.25) is 20.1 Å². The number of hydrogen-bond acceptors (Lipinski definition) is 3. The summed E-state index contributed by atoms with van der Waals surface area (Å²) in [6.45, 7) is 3.99. The molecule has 31 heavy (non-hydrogen) atoms. The number of hydrogen-bond donors (Lipinski definition) is 1. The summed E-state index contributed by atoms with van der Waals surface area (Å²) < 4.78 is 0. The minimum Gasteiger partial charge on any atom is -0.343 e. The first-order chi connectivity index (χ1) is 14.8. The van der Waals surface area contributed by atoms with Crippen LogP contribution in [0, 0.1) is 11.8 Å². The fourth-order valence-corrected chi connectivity index (χ4v) is 5.09. The third kappa shape index (κ3) is 5.29. The predicted molar refractivity (Wildman–Crippen MR) is 124 cm³/mol. The Morgan fingerprint density at radius 3 is 2.23 bits per heavy atom. The lowest BCUT2D eigenvalue weighted by Crippen LogP contribution is -2.40. The molecule has 2 amide bonds. The van der Waals surface area contributed by atoms with E-state index in [1.165, 1.54) is 6.07 Å². The van der Waals surface area contributed by atoms with E-state index in [-0.39, 0.29) is 18.4 Å². The molecule has 164 valence electrons. The molecule has 0 aromatic heterocycles. The van der Waals surface area contributed by atoms with Gasteiger partial charge in [0.2, 0.25) is 5.91 Å². The number of carbonyl (C=O) groups is 2. The molecule has 2 unspecified atom stereocenters. The van der Waals surface area contributed by atoms with Crippen LogP contribution in [-0.2, 0) is 11.3 Å². The average Bonchev–Trinajstić information content (AvgIpc) is 3.29. The van der Waals surface area contributed by atoms with E-state index in [1.807, 2.05) is 17.0 Å². The van der Waals surface area contributed by atoms with Crippen molar-refractivity contribution in [2.45, 2.75) is 6.54 Å². The monoisotopic (exact) mass is 499 g/mol. The molecular weight excluding hydrogens is 480 g/mol. The highest BCUT2D eigenvalue weighted by molar-refractivity contribution is 6.42. The second-order valence-electron chi connectivity index (χ2n) is 8.06. The molecule has 2 atom stereocenters. The van der Waals surface area contributed by atoms with Crippen molar-refractivity contribution in [3.8, 4) is 0 Å². The van der Waals surface area contributed by atoms with Gasteiger partial charge >= 0.3 is 0 Å². The number of rotatable bonds is 5.